The predicted molar refractivity (Wildman–Crippen MR) is 90.6 cm³/mol. The standard InChI is InChI=1S/C18H14ClN3O/c19-13-8-6-12(7-9-13)17-16-14(11-4-2-1-3-5-11)10-15(23)20-18(16)22-21-17/h1-9,14H,10H2,(H2,20,21,22,23)/t14-/m1/s1. The number of halogens is 1. The summed E-state index contributed by atoms with van der Waals surface area (Å²) in [6, 6.07) is 17.7. The van der Waals surface area contributed by atoms with Crippen LogP contribution in [-0.4, -0.2) is 16.1 Å². The monoisotopic (exact) mass is 323 g/mol. The summed E-state index contributed by atoms with van der Waals surface area (Å²) in [5, 5.41) is 10.9. The Kier molecular flexibility index (Phi) is 3.39. The van der Waals surface area contributed by atoms with Crippen molar-refractivity contribution >= 4 is 23.3 Å². The SMILES string of the molecule is O=C1C[C@H](c2ccccc2)c2c(n[nH]c2-c2ccc(Cl)cc2)N1. The maximum absolute atomic E-state index is 12.0. The molecule has 0 aliphatic carbocycles. The third kappa shape index (κ3) is 2.51. The first-order valence-corrected chi connectivity index (χ1v) is 7.79. The maximum Gasteiger partial charge on any atom is 0.226 e. The van der Waals surface area contributed by atoms with Crippen LogP contribution in [0, 0.1) is 0 Å². The summed E-state index contributed by atoms with van der Waals surface area (Å²) in [4.78, 5) is 12.0. The van der Waals surface area contributed by atoms with Gasteiger partial charge in [-0.2, -0.15) is 5.10 Å². The summed E-state index contributed by atoms with van der Waals surface area (Å²) in [5.41, 5.74) is 4.06. The number of fused-ring (bicyclic) bond motifs is 1. The van der Waals surface area contributed by atoms with Gasteiger partial charge in [0.1, 0.15) is 0 Å². The van der Waals surface area contributed by atoms with Crippen LogP contribution in [0.25, 0.3) is 11.3 Å². The average Bonchev–Trinajstić information content (AvgIpc) is 2.99. The number of rotatable bonds is 2. The van der Waals surface area contributed by atoms with Crippen LogP contribution in [0.1, 0.15) is 23.5 Å². The van der Waals surface area contributed by atoms with E-state index < -0.39 is 0 Å². The molecule has 4 nitrogen and oxygen atoms in total. The molecule has 2 aromatic carbocycles. The fourth-order valence-corrected chi connectivity index (χ4v) is 3.19. The van der Waals surface area contributed by atoms with Crippen molar-refractivity contribution in [1.82, 2.24) is 10.2 Å². The van der Waals surface area contributed by atoms with Crippen LogP contribution in [0.5, 0.6) is 0 Å². The Hall–Kier alpha value is -2.59. The summed E-state index contributed by atoms with van der Waals surface area (Å²) < 4.78 is 0. The number of H-pyrrole nitrogens is 1. The molecule has 1 amide bonds. The molecule has 0 unspecified atom stereocenters. The second kappa shape index (κ2) is 5.56. The van der Waals surface area contributed by atoms with Gasteiger partial charge in [0.25, 0.3) is 0 Å². The maximum atomic E-state index is 12.0. The summed E-state index contributed by atoms with van der Waals surface area (Å²) in [7, 11) is 0. The van der Waals surface area contributed by atoms with Gasteiger partial charge >= 0.3 is 0 Å². The van der Waals surface area contributed by atoms with Crippen LogP contribution in [-0.2, 0) is 4.79 Å². The molecule has 3 aromatic rings. The van der Waals surface area contributed by atoms with Crippen molar-refractivity contribution in [3.05, 3.63) is 70.7 Å². The molecular formula is C18H14ClN3O. The lowest BCUT2D eigenvalue weighted by atomic mass is 9.84. The molecule has 0 spiro atoms. The van der Waals surface area contributed by atoms with Crippen LogP contribution in [0.2, 0.25) is 5.02 Å². The molecule has 1 aliphatic heterocycles. The zero-order valence-electron chi connectivity index (χ0n) is 12.2. The normalized spacial score (nSPS) is 16.7. The highest BCUT2D eigenvalue weighted by molar-refractivity contribution is 6.30. The molecule has 5 heteroatoms. The van der Waals surface area contributed by atoms with Crippen molar-refractivity contribution < 1.29 is 4.79 Å². The Balaban J connectivity index is 1.86. The van der Waals surface area contributed by atoms with E-state index >= 15 is 0 Å². The number of nitrogens with one attached hydrogen (secondary N) is 2. The zero-order chi connectivity index (χ0) is 15.8. The van der Waals surface area contributed by atoms with Gasteiger partial charge in [-0.1, -0.05) is 54.1 Å². The van der Waals surface area contributed by atoms with E-state index in [9.17, 15) is 4.79 Å². The highest BCUT2D eigenvalue weighted by Gasteiger charge is 2.31. The minimum atomic E-state index is -0.0134. The lowest BCUT2D eigenvalue weighted by molar-refractivity contribution is -0.116. The number of aromatic nitrogens is 2. The van der Waals surface area contributed by atoms with Crippen molar-refractivity contribution in [2.45, 2.75) is 12.3 Å². The lowest BCUT2D eigenvalue weighted by Gasteiger charge is -2.23. The van der Waals surface area contributed by atoms with Gasteiger partial charge in [-0.15, -0.1) is 0 Å². The minimum Gasteiger partial charge on any atom is -0.309 e. The summed E-state index contributed by atoms with van der Waals surface area (Å²) in [6.07, 6.45) is 0.414. The number of aromatic amines is 1. The molecule has 23 heavy (non-hydrogen) atoms. The van der Waals surface area contributed by atoms with Gasteiger partial charge in [-0.05, 0) is 17.7 Å². The molecule has 0 saturated carbocycles. The summed E-state index contributed by atoms with van der Waals surface area (Å²) in [6.45, 7) is 0. The first-order chi connectivity index (χ1) is 11.2. The van der Waals surface area contributed by atoms with Gasteiger partial charge < -0.3 is 5.32 Å². The van der Waals surface area contributed by atoms with Gasteiger partial charge in [0.2, 0.25) is 5.91 Å². The third-order valence-electron chi connectivity index (χ3n) is 4.13. The van der Waals surface area contributed by atoms with E-state index in [1.165, 1.54) is 0 Å². The molecule has 0 bridgehead atoms. The Labute approximate surface area is 138 Å². The number of amides is 1. The highest BCUT2D eigenvalue weighted by Crippen LogP contribution is 2.41. The first-order valence-electron chi connectivity index (χ1n) is 7.41. The van der Waals surface area contributed by atoms with Gasteiger partial charge in [0.15, 0.2) is 5.82 Å². The van der Waals surface area contributed by atoms with Crippen LogP contribution in [0.15, 0.2) is 54.6 Å². The number of carbonyl (C=O) groups excluding carboxylic acids is 1. The average molecular weight is 324 g/mol. The zero-order valence-corrected chi connectivity index (χ0v) is 13.0. The number of hydrogen-bond donors (Lipinski definition) is 2. The fourth-order valence-electron chi connectivity index (χ4n) is 3.06. The smallest absolute Gasteiger partial charge is 0.226 e. The number of carbonyl (C=O) groups is 1. The molecule has 1 aliphatic rings. The van der Waals surface area contributed by atoms with Gasteiger partial charge in [0.05, 0.1) is 5.69 Å². The van der Waals surface area contributed by atoms with Gasteiger partial charge in [-0.25, -0.2) is 0 Å². The van der Waals surface area contributed by atoms with Crippen molar-refractivity contribution in [3.63, 3.8) is 0 Å². The van der Waals surface area contributed by atoms with Gasteiger partial charge in [-0.3, -0.25) is 9.89 Å². The van der Waals surface area contributed by atoms with Crippen LogP contribution in [0.3, 0.4) is 0 Å². The molecule has 0 saturated heterocycles. The molecule has 2 heterocycles. The number of benzene rings is 2. The molecule has 2 N–H and O–H groups in total. The van der Waals surface area contributed by atoms with Crippen LogP contribution in [0.4, 0.5) is 5.82 Å². The fraction of sp³-hybridized carbons (Fsp3) is 0.111. The van der Waals surface area contributed by atoms with E-state index in [0.29, 0.717) is 17.3 Å². The molecular weight excluding hydrogens is 310 g/mol. The first kappa shape index (κ1) is 14.0. The Morgan fingerprint density at radius 3 is 2.52 bits per heavy atom. The van der Waals surface area contributed by atoms with E-state index in [2.05, 4.69) is 15.5 Å². The van der Waals surface area contributed by atoms with E-state index in [4.69, 9.17) is 11.6 Å². The highest BCUT2D eigenvalue weighted by atomic mass is 35.5. The number of hydrogen-bond acceptors (Lipinski definition) is 2. The molecule has 1 aromatic heterocycles. The predicted octanol–water partition coefficient (Wildman–Crippen LogP) is 4.20. The summed E-state index contributed by atoms with van der Waals surface area (Å²) >= 11 is 5.98. The van der Waals surface area contributed by atoms with Crippen LogP contribution >= 0.6 is 11.6 Å². The van der Waals surface area contributed by atoms with Crippen molar-refractivity contribution in [3.8, 4) is 11.3 Å². The second-order valence-electron chi connectivity index (χ2n) is 5.58. The van der Waals surface area contributed by atoms with E-state index in [1.807, 2.05) is 54.6 Å². The van der Waals surface area contributed by atoms with Crippen molar-refractivity contribution in [1.29, 1.82) is 0 Å². The Morgan fingerprint density at radius 1 is 1.04 bits per heavy atom. The molecule has 1 atom stereocenters. The van der Waals surface area contributed by atoms with E-state index in [-0.39, 0.29) is 11.8 Å². The Bertz CT molecular complexity index is 856. The Morgan fingerprint density at radius 2 is 1.78 bits per heavy atom. The largest absolute Gasteiger partial charge is 0.309 e. The lowest BCUT2D eigenvalue weighted by Crippen LogP contribution is -2.23. The third-order valence-corrected chi connectivity index (χ3v) is 4.39. The van der Waals surface area contributed by atoms with Crippen LogP contribution < -0.4 is 5.32 Å². The van der Waals surface area contributed by atoms with Gasteiger partial charge in [0, 0.05) is 28.5 Å². The molecule has 114 valence electrons. The quantitative estimate of drug-likeness (QED) is 0.742. The van der Waals surface area contributed by atoms with Crippen molar-refractivity contribution in [2.75, 3.05) is 5.32 Å². The molecule has 4 rings (SSSR count). The number of anilines is 1. The van der Waals surface area contributed by atoms with E-state index in [1.54, 1.807) is 0 Å². The topological polar surface area (TPSA) is 57.8 Å². The van der Waals surface area contributed by atoms with E-state index in [0.717, 1.165) is 22.4 Å². The summed E-state index contributed by atoms with van der Waals surface area (Å²) in [5.74, 6) is 0.588. The molecule has 0 radical (unpaired) electrons. The second-order valence-corrected chi connectivity index (χ2v) is 6.02. The van der Waals surface area contributed by atoms with Crippen molar-refractivity contribution in [2.24, 2.45) is 0 Å². The minimum absolute atomic E-state index is 0.00984. The molecule has 0 fully saturated rings. The number of nitrogens with zero attached hydrogens (tertiary/aromatic N) is 1.